The highest BCUT2D eigenvalue weighted by molar-refractivity contribution is 6.33. The van der Waals surface area contributed by atoms with E-state index >= 15 is 0 Å². The Kier molecular flexibility index (Phi) is 4.31. The fraction of sp³-hybridized carbons (Fsp3) is 0.100. The SMILES string of the molecule is CCn1ccc(=O)n2nc(-c3ccccc3Cl)c(-c3ccc(Cl)cc3)c12. The summed E-state index contributed by atoms with van der Waals surface area (Å²) in [4.78, 5) is 12.4. The van der Waals surface area contributed by atoms with E-state index in [-0.39, 0.29) is 5.56 Å². The monoisotopic (exact) mass is 383 g/mol. The van der Waals surface area contributed by atoms with Crippen LogP contribution in [0.15, 0.2) is 65.6 Å². The van der Waals surface area contributed by atoms with Crippen molar-refractivity contribution in [3.63, 3.8) is 0 Å². The van der Waals surface area contributed by atoms with Gasteiger partial charge < -0.3 is 4.57 Å². The summed E-state index contributed by atoms with van der Waals surface area (Å²) in [7, 11) is 0. The normalized spacial score (nSPS) is 11.2. The number of hydrogen-bond donors (Lipinski definition) is 0. The van der Waals surface area contributed by atoms with Gasteiger partial charge in [-0.05, 0) is 30.7 Å². The number of halogens is 2. The molecule has 0 N–H and O–H groups in total. The Morgan fingerprint density at radius 2 is 1.73 bits per heavy atom. The summed E-state index contributed by atoms with van der Waals surface area (Å²) in [6.45, 7) is 2.73. The van der Waals surface area contributed by atoms with E-state index in [4.69, 9.17) is 23.2 Å². The molecule has 0 saturated heterocycles. The molecule has 6 heteroatoms. The maximum atomic E-state index is 12.4. The van der Waals surface area contributed by atoms with Crippen LogP contribution in [-0.2, 0) is 6.54 Å². The topological polar surface area (TPSA) is 39.3 Å². The molecule has 2 aromatic heterocycles. The van der Waals surface area contributed by atoms with Gasteiger partial charge in [0.25, 0.3) is 5.56 Å². The third-order valence-electron chi connectivity index (χ3n) is 4.34. The van der Waals surface area contributed by atoms with Gasteiger partial charge in [0.2, 0.25) is 0 Å². The molecule has 4 aromatic rings. The predicted octanol–water partition coefficient (Wildman–Crippen LogP) is 5.16. The van der Waals surface area contributed by atoms with E-state index in [9.17, 15) is 4.79 Å². The third-order valence-corrected chi connectivity index (χ3v) is 4.92. The van der Waals surface area contributed by atoms with Crippen molar-refractivity contribution in [2.75, 3.05) is 0 Å². The number of hydrogen-bond acceptors (Lipinski definition) is 2. The first-order valence-electron chi connectivity index (χ1n) is 8.23. The number of benzene rings is 2. The Labute approximate surface area is 160 Å². The minimum atomic E-state index is -0.182. The molecule has 26 heavy (non-hydrogen) atoms. The highest BCUT2D eigenvalue weighted by Gasteiger charge is 2.21. The van der Waals surface area contributed by atoms with Crippen LogP contribution < -0.4 is 5.56 Å². The first kappa shape index (κ1) is 16.9. The van der Waals surface area contributed by atoms with Crippen LogP contribution in [0.5, 0.6) is 0 Å². The second-order valence-corrected chi connectivity index (χ2v) is 6.73. The van der Waals surface area contributed by atoms with E-state index in [0.717, 1.165) is 22.3 Å². The molecule has 0 spiro atoms. The summed E-state index contributed by atoms with van der Waals surface area (Å²) in [6, 6.07) is 16.5. The number of nitrogens with zero attached hydrogens (tertiary/aromatic N) is 3. The lowest BCUT2D eigenvalue weighted by Gasteiger charge is -2.09. The average Bonchev–Trinajstić information content (AvgIpc) is 3.04. The van der Waals surface area contributed by atoms with Crippen molar-refractivity contribution in [1.29, 1.82) is 0 Å². The summed E-state index contributed by atoms with van der Waals surface area (Å²) in [5, 5.41) is 5.85. The molecule has 2 aromatic carbocycles. The molecule has 0 radical (unpaired) electrons. The summed E-state index contributed by atoms with van der Waals surface area (Å²) >= 11 is 12.5. The number of rotatable bonds is 3. The Hall–Kier alpha value is -2.56. The number of fused-ring (bicyclic) bond motifs is 1. The molecule has 0 amide bonds. The molecule has 0 aliphatic carbocycles. The molecule has 4 nitrogen and oxygen atoms in total. The molecule has 2 heterocycles. The molecule has 0 atom stereocenters. The number of aryl methyl sites for hydroxylation is 1. The molecular weight excluding hydrogens is 369 g/mol. The second-order valence-electron chi connectivity index (χ2n) is 5.89. The molecule has 0 unspecified atom stereocenters. The van der Waals surface area contributed by atoms with Crippen LogP contribution in [0.3, 0.4) is 0 Å². The highest BCUT2D eigenvalue weighted by Crippen LogP contribution is 2.37. The van der Waals surface area contributed by atoms with Crippen LogP contribution in [0, 0.1) is 0 Å². The highest BCUT2D eigenvalue weighted by atomic mass is 35.5. The lowest BCUT2D eigenvalue weighted by Crippen LogP contribution is -2.16. The van der Waals surface area contributed by atoms with Gasteiger partial charge >= 0.3 is 0 Å². The van der Waals surface area contributed by atoms with Gasteiger partial charge in [0.1, 0.15) is 11.3 Å². The Bertz CT molecular complexity index is 1160. The van der Waals surface area contributed by atoms with Gasteiger partial charge in [0.15, 0.2) is 0 Å². The Balaban J connectivity index is 2.17. The third kappa shape index (κ3) is 2.71. The van der Waals surface area contributed by atoms with Crippen LogP contribution in [0.1, 0.15) is 6.92 Å². The van der Waals surface area contributed by atoms with E-state index in [1.807, 2.05) is 60.0 Å². The number of aromatic nitrogens is 3. The zero-order chi connectivity index (χ0) is 18.3. The molecule has 0 aliphatic heterocycles. The van der Waals surface area contributed by atoms with E-state index in [2.05, 4.69) is 5.10 Å². The van der Waals surface area contributed by atoms with E-state index in [0.29, 0.717) is 22.3 Å². The average molecular weight is 384 g/mol. The quantitative estimate of drug-likeness (QED) is 0.490. The van der Waals surface area contributed by atoms with Crippen molar-refractivity contribution in [2.24, 2.45) is 0 Å². The molecule has 0 aliphatic rings. The van der Waals surface area contributed by atoms with Gasteiger partial charge in [-0.3, -0.25) is 4.79 Å². The van der Waals surface area contributed by atoms with Gasteiger partial charge in [-0.2, -0.15) is 9.61 Å². The maximum Gasteiger partial charge on any atom is 0.274 e. The Morgan fingerprint density at radius 1 is 1.00 bits per heavy atom. The largest absolute Gasteiger partial charge is 0.332 e. The van der Waals surface area contributed by atoms with Gasteiger partial charge in [0.05, 0.1) is 10.6 Å². The van der Waals surface area contributed by atoms with Crippen LogP contribution in [0.4, 0.5) is 0 Å². The van der Waals surface area contributed by atoms with Gasteiger partial charge in [-0.1, -0.05) is 53.5 Å². The minimum absolute atomic E-state index is 0.182. The van der Waals surface area contributed by atoms with Crippen molar-refractivity contribution >= 4 is 28.8 Å². The van der Waals surface area contributed by atoms with Crippen LogP contribution in [0.2, 0.25) is 10.0 Å². The predicted molar refractivity (Wildman–Crippen MR) is 106 cm³/mol. The second kappa shape index (κ2) is 6.63. The first-order valence-corrected chi connectivity index (χ1v) is 8.98. The minimum Gasteiger partial charge on any atom is -0.332 e. The molecule has 0 bridgehead atoms. The lowest BCUT2D eigenvalue weighted by atomic mass is 10.0. The first-order chi connectivity index (χ1) is 12.6. The van der Waals surface area contributed by atoms with Crippen LogP contribution in [-0.4, -0.2) is 14.2 Å². The standard InChI is InChI=1S/C20H15Cl2N3O/c1-2-24-12-11-17(26)25-20(24)18(13-7-9-14(21)10-8-13)19(23-25)15-5-3-4-6-16(15)22/h3-12H,2H2,1H3. The summed E-state index contributed by atoms with van der Waals surface area (Å²) in [5.74, 6) is 0. The maximum absolute atomic E-state index is 12.4. The lowest BCUT2D eigenvalue weighted by molar-refractivity contribution is 0.739. The van der Waals surface area contributed by atoms with Crippen LogP contribution >= 0.6 is 23.2 Å². The summed E-state index contributed by atoms with van der Waals surface area (Å²) < 4.78 is 3.44. The van der Waals surface area contributed by atoms with Crippen molar-refractivity contribution < 1.29 is 0 Å². The molecule has 4 rings (SSSR count). The van der Waals surface area contributed by atoms with Crippen molar-refractivity contribution in [3.8, 4) is 22.4 Å². The molecule has 0 fully saturated rings. The molecule has 130 valence electrons. The fourth-order valence-corrected chi connectivity index (χ4v) is 3.45. The Morgan fingerprint density at radius 3 is 2.42 bits per heavy atom. The van der Waals surface area contributed by atoms with Crippen molar-refractivity contribution in [3.05, 3.63) is 81.2 Å². The summed E-state index contributed by atoms with van der Waals surface area (Å²) in [5.41, 5.74) is 3.78. The van der Waals surface area contributed by atoms with Gasteiger partial charge in [0, 0.05) is 29.4 Å². The molecular formula is C20H15Cl2N3O. The van der Waals surface area contributed by atoms with Crippen LogP contribution in [0.25, 0.3) is 28.0 Å². The van der Waals surface area contributed by atoms with E-state index < -0.39 is 0 Å². The van der Waals surface area contributed by atoms with Gasteiger partial charge in [-0.25, -0.2) is 0 Å². The molecule has 0 saturated carbocycles. The zero-order valence-electron chi connectivity index (χ0n) is 14.0. The van der Waals surface area contributed by atoms with Crippen molar-refractivity contribution in [2.45, 2.75) is 13.5 Å². The van der Waals surface area contributed by atoms with E-state index in [1.165, 1.54) is 10.6 Å². The fourth-order valence-electron chi connectivity index (χ4n) is 3.10. The van der Waals surface area contributed by atoms with E-state index in [1.54, 1.807) is 6.20 Å². The zero-order valence-corrected chi connectivity index (χ0v) is 15.5. The summed E-state index contributed by atoms with van der Waals surface area (Å²) in [6.07, 6.45) is 1.79. The van der Waals surface area contributed by atoms with Crippen molar-refractivity contribution in [1.82, 2.24) is 14.2 Å². The smallest absolute Gasteiger partial charge is 0.274 e. The van der Waals surface area contributed by atoms with Gasteiger partial charge in [-0.15, -0.1) is 0 Å².